The molecule has 102 valence electrons. The molecule has 4 nitrogen and oxygen atoms in total. The lowest BCUT2D eigenvalue weighted by Crippen LogP contribution is -2.21. The third kappa shape index (κ3) is 4.44. The van der Waals surface area contributed by atoms with E-state index in [4.69, 9.17) is 13.9 Å². The minimum atomic E-state index is 0.280. The van der Waals surface area contributed by atoms with Crippen LogP contribution in [0, 0.1) is 0 Å². The molecule has 0 amide bonds. The molecule has 0 aromatic carbocycles. The first kappa shape index (κ1) is 13.6. The summed E-state index contributed by atoms with van der Waals surface area (Å²) >= 11 is 0. The van der Waals surface area contributed by atoms with Gasteiger partial charge in [-0.05, 0) is 25.0 Å². The van der Waals surface area contributed by atoms with Crippen molar-refractivity contribution in [1.82, 2.24) is 5.32 Å². The van der Waals surface area contributed by atoms with Crippen LogP contribution in [0.3, 0.4) is 0 Å². The van der Waals surface area contributed by atoms with Crippen LogP contribution in [0.15, 0.2) is 16.5 Å². The maximum atomic E-state index is 5.67. The highest BCUT2D eigenvalue weighted by atomic mass is 16.5. The Hall–Kier alpha value is -0.840. The maximum Gasteiger partial charge on any atom is 0.129 e. The predicted octanol–water partition coefficient (Wildman–Crippen LogP) is 2.47. The Balaban J connectivity index is 1.66. The molecule has 1 atom stereocenters. The van der Waals surface area contributed by atoms with E-state index in [0.717, 1.165) is 37.5 Å². The van der Waals surface area contributed by atoms with Crippen LogP contribution in [-0.2, 0) is 22.6 Å². The van der Waals surface area contributed by atoms with Crippen LogP contribution in [0.1, 0.15) is 38.2 Å². The summed E-state index contributed by atoms with van der Waals surface area (Å²) in [5.41, 5.74) is 0. The summed E-state index contributed by atoms with van der Waals surface area (Å²) in [5, 5.41) is 3.32. The van der Waals surface area contributed by atoms with Crippen molar-refractivity contribution in [2.45, 2.75) is 52.0 Å². The van der Waals surface area contributed by atoms with Gasteiger partial charge in [0, 0.05) is 12.6 Å². The highest BCUT2D eigenvalue weighted by molar-refractivity contribution is 5.06. The second-order valence-electron chi connectivity index (χ2n) is 5.05. The van der Waals surface area contributed by atoms with E-state index < -0.39 is 0 Å². The molecular weight excluding hydrogens is 230 g/mol. The van der Waals surface area contributed by atoms with E-state index >= 15 is 0 Å². The number of rotatable bonds is 7. The highest BCUT2D eigenvalue weighted by Gasteiger charge is 2.15. The van der Waals surface area contributed by atoms with Crippen molar-refractivity contribution in [3.63, 3.8) is 0 Å². The first-order valence-corrected chi connectivity index (χ1v) is 6.74. The largest absolute Gasteiger partial charge is 0.462 e. The molecule has 18 heavy (non-hydrogen) atoms. The average Bonchev–Trinajstić information content (AvgIpc) is 2.97. The summed E-state index contributed by atoms with van der Waals surface area (Å²) < 4.78 is 16.8. The summed E-state index contributed by atoms with van der Waals surface area (Å²) in [6, 6.07) is 4.45. The van der Waals surface area contributed by atoms with Gasteiger partial charge in [-0.25, -0.2) is 0 Å². The summed E-state index contributed by atoms with van der Waals surface area (Å²) in [6.45, 7) is 7.08. The van der Waals surface area contributed by atoms with Crippen LogP contribution in [0.25, 0.3) is 0 Å². The van der Waals surface area contributed by atoms with Crippen molar-refractivity contribution in [2.75, 3.05) is 13.2 Å². The second kappa shape index (κ2) is 6.92. The zero-order chi connectivity index (χ0) is 12.8. The quantitative estimate of drug-likeness (QED) is 0.810. The van der Waals surface area contributed by atoms with E-state index in [1.807, 2.05) is 12.1 Å². The zero-order valence-corrected chi connectivity index (χ0v) is 11.3. The molecule has 1 N–H and O–H groups in total. The fourth-order valence-corrected chi connectivity index (χ4v) is 1.97. The molecule has 1 aliphatic heterocycles. The molecule has 0 saturated carbocycles. The van der Waals surface area contributed by atoms with Gasteiger partial charge in [-0.1, -0.05) is 13.8 Å². The van der Waals surface area contributed by atoms with Crippen molar-refractivity contribution in [1.29, 1.82) is 0 Å². The van der Waals surface area contributed by atoms with Crippen molar-refractivity contribution in [3.8, 4) is 0 Å². The van der Waals surface area contributed by atoms with Gasteiger partial charge in [0.2, 0.25) is 0 Å². The number of furan rings is 1. The fourth-order valence-electron chi connectivity index (χ4n) is 1.97. The van der Waals surface area contributed by atoms with E-state index in [1.54, 1.807) is 0 Å². The highest BCUT2D eigenvalue weighted by Crippen LogP contribution is 2.14. The predicted molar refractivity (Wildman–Crippen MR) is 69.3 cm³/mol. The van der Waals surface area contributed by atoms with E-state index in [1.165, 1.54) is 0 Å². The summed E-state index contributed by atoms with van der Waals surface area (Å²) in [7, 11) is 0. The summed E-state index contributed by atoms with van der Waals surface area (Å²) in [5.74, 6) is 1.84. The van der Waals surface area contributed by atoms with Crippen LogP contribution in [0.5, 0.6) is 0 Å². The Kier molecular flexibility index (Phi) is 5.23. The van der Waals surface area contributed by atoms with E-state index in [-0.39, 0.29) is 6.10 Å². The van der Waals surface area contributed by atoms with E-state index in [2.05, 4.69) is 19.2 Å². The monoisotopic (exact) mass is 253 g/mol. The molecule has 0 aliphatic carbocycles. The molecule has 1 saturated heterocycles. The Labute approximate surface area is 109 Å². The lowest BCUT2D eigenvalue weighted by molar-refractivity contribution is 0.00556. The third-order valence-corrected chi connectivity index (χ3v) is 2.97. The number of hydrogen-bond acceptors (Lipinski definition) is 4. The fraction of sp³-hybridized carbons (Fsp3) is 0.714. The van der Waals surface area contributed by atoms with Crippen LogP contribution >= 0.6 is 0 Å². The Bertz CT molecular complexity index is 343. The molecular formula is C14H23NO3. The molecule has 1 unspecified atom stereocenters. The molecule has 2 heterocycles. The zero-order valence-electron chi connectivity index (χ0n) is 11.3. The molecule has 4 heteroatoms. The lowest BCUT2D eigenvalue weighted by Gasteiger charge is -2.08. The molecule has 0 bridgehead atoms. The van der Waals surface area contributed by atoms with Gasteiger partial charge in [0.1, 0.15) is 18.1 Å². The van der Waals surface area contributed by atoms with Crippen molar-refractivity contribution in [2.24, 2.45) is 0 Å². The minimum Gasteiger partial charge on any atom is -0.462 e. The molecule has 0 radical (unpaired) electrons. The van der Waals surface area contributed by atoms with Crippen LogP contribution in [-0.4, -0.2) is 25.4 Å². The molecule has 1 fully saturated rings. The van der Waals surface area contributed by atoms with Gasteiger partial charge in [-0.2, -0.15) is 0 Å². The third-order valence-electron chi connectivity index (χ3n) is 2.97. The van der Waals surface area contributed by atoms with Crippen LogP contribution in [0.2, 0.25) is 0 Å². The van der Waals surface area contributed by atoms with Gasteiger partial charge in [0.05, 0.1) is 19.3 Å². The molecule has 2 rings (SSSR count). The van der Waals surface area contributed by atoms with Gasteiger partial charge >= 0.3 is 0 Å². The normalized spacial score (nSPS) is 19.8. The molecule has 1 aliphatic rings. The van der Waals surface area contributed by atoms with Crippen molar-refractivity contribution in [3.05, 3.63) is 23.7 Å². The summed E-state index contributed by atoms with van der Waals surface area (Å²) in [4.78, 5) is 0. The van der Waals surface area contributed by atoms with Gasteiger partial charge in [0.25, 0.3) is 0 Å². The Morgan fingerprint density at radius 2 is 2.22 bits per heavy atom. The van der Waals surface area contributed by atoms with Gasteiger partial charge < -0.3 is 19.2 Å². The van der Waals surface area contributed by atoms with Crippen molar-refractivity contribution < 1.29 is 13.9 Å². The Morgan fingerprint density at radius 3 is 2.94 bits per heavy atom. The molecule has 1 aromatic rings. The number of hydrogen-bond donors (Lipinski definition) is 1. The second-order valence-corrected chi connectivity index (χ2v) is 5.05. The molecule has 1 aromatic heterocycles. The average molecular weight is 253 g/mol. The van der Waals surface area contributed by atoms with Gasteiger partial charge in [-0.15, -0.1) is 0 Å². The van der Waals surface area contributed by atoms with Gasteiger partial charge in [-0.3, -0.25) is 0 Å². The van der Waals surface area contributed by atoms with E-state index in [9.17, 15) is 0 Å². The molecule has 0 spiro atoms. The number of ether oxygens (including phenoxy) is 2. The standard InChI is InChI=1S/C14H23NO3/c1-11(2)15-8-12-5-6-14(18-12)10-16-9-13-4-3-7-17-13/h5-6,11,13,15H,3-4,7-10H2,1-2H3. The van der Waals surface area contributed by atoms with Crippen molar-refractivity contribution >= 4 is 0 Å². The van der Waals surface area contributed by atoms with Gasteiger partial charge in [0.15, 0.2) is 0 Å². The first-order valence-electron chi connectivity index (χ1n) is 6.74. The first-order chi connectivity index (χ1) is 8.74. The SMILES string of the molecule is CC(C)NCc1ccc(COCC2CCCO2)o1. The van der Waals surface area contributed by atoms with Crippen LogP contribution < -0.4 is 5.32 Å². The minimum absolute atomic E-state index is 0.280. The van der Waals surface area contributed by atoms with E-state index in [0.29, 0.717) is 19.3 Å². The smallest absolute Gasteiger partial charge is 0.129 e. The number of nitrogens with one attached hydrogen (secondary N) is 1. The Morgan fingerprint density at radius 1 is 1.39 bits per heavy atom. The topological polar surface area (TPSA) is 43.6 Å². The maximum absolute atomic E-state index is 5.67. The lowest BCUT2D eigenvalue weighted by atomic mass is 10.2. The summed E-state index contributed by atoms with van der Waals surface area (Å²) in [6.07, 6.45) is 2.55. The van der Waals surface area contributed by atoms with Crippen LogP contribution in [0.4, 0.5) is 0 Å².